The fourth-order valence-electron chi connectivity index (χ4n) is 1.00. The SMILES string of the molecule is C1=CC2=COC=[N+]C2C=C1. The highest BCUT2D eigenvalue weighted by atomic mass is 16.5. The second-order valence-electron chi connectivity index (χ2n) is 2.20. The lowest BCUT2D eigenvalue weighted by molar-refractivity contribution is 0.460. The monoisotopic (exact) mass is 133 g/mol. The van der Waals surface area contributed by atoms with Crippen LogP contribution in [0.2, 0.25) is 0 Å². The maximum absolute atomic E-state index is 4.90. The molecule has 1 unspecified atom stereocenters. The Hall–Kier alpha value is -1.31. The van der Waals surface area contributed by atoms with Crippen LogP contribution in [0.3, 0.4) is 0 Å². The van der Waals surface area contributed by atoms with Crippen molar-refractivity contribution in [3.63, 3.8) is 0 Å². The highest BCUT2D eigenvalue weighted by molar-refractivity contribution is 5.52. The quantitative estimate of drug-likeness (QED) is 0.478. The lowest BCUT2D eigenvalue weighted by Gasteiger charge is -2.04. The third kappa shape index (κ3) is 0.778. The molecule has 1 atom stereocenters. The molecule has 2 nitrogen and oxygen atoms in total. The zero-order valence-electron chi connectivity index (χ0n) is 5.40. The molecule has 10 heavy (non-hydrogen) atoms. The first-order chi connectivity index (χ1) is 4.97. The normalized spacial score (nSPS) is 27.2. The molecule has 2 rings (SSSR count). The Kier molecular flexibility index (Phi) is 1.17. The molecule has 0 fully saturated rings. The minimum Gasteiger partial charge on any atom is -0.414 e. The Labute approximate surface area is 59.2 Å². The summed E-state index contributed by atoms with van der Waals surface area (Å²) in [5.41, 5.74) is 1.12. The van der Waals surface area contributed by atoms with Crippen molar-refractivity contribution < 1.29 is 4.74 Å². The highest BCUT2D eigenvalue weighted by Gasteiger charge is 2.22. The van der Waals surface area contributed by atoms with Gasteiger partial charge in [0, 0.05) is 0 Å². The first-order valence-electron chi connectivity index (χ1n) is 3.19. The molecule has 1 radical (unpaired) electrons. The molecule has 0 N–H and O–H groups in total. The molecule has 0 saturated carbocycles. The summed E-state index contributed by atoms with van der Waals surface area (Å²) in [6.07, 6.45) is 11.2. The number of hydrogen-bond donors (Lipinski definition) is 0. The van der Waals surface area contributed by atoms with Crippen molar-refractivity contribution in [1.82, 2.24) is 4.99 Å². The zero-order chi connectivity index (χ0) is 6.81. The molecule has 49 valence electrons. The van der Waals surface area contributed by atoms with E-state index >= 15 is 0 Å². The van der Waals surface area contributed by atoms with Crippen LogP contribution in [0.15, 0.2) is 36.1 Å². The first kappa shape index (κ1) is 5.47. The minimum absolute atomic E-state index is 0.193. The molecule has 0 spiro atoms. The molecule has 0 bridgehead atoms. The third-order valence-corrected chi connectivity index (χ3v) is 1.52. The molecule has 0 amide bonds. The van der Waals surface area contributed by atoms with Crippen LogP contribution in [-0.2, 0) is 4.74 Å². The Bertz CT molecular complexity index is 248. The van der Waals surface area contributed by atoms with Crippen LogP contribution >= 0.6 is 0 Å². The van der Waals surface area contributed by atoms with E-state index in [1.54, 1.807) is 6.26 Å². The van der Waals surface area contributed by atoms with Crippen molar-refractivity contribution in [2.45, 2.75) is 6.04 Å². The van der Waals surface area contributed by atoms with Gasteiger partial charge in [-0.2, -0.15) is 0 Å². The Morgan fingerprint density at radius 2 is 2.40 bits per heavy atom. The number of allylic oxidation sites excluding steroid dienone is 2. The van der Waals surface area contributed by atoms with Gasteiger partial charge in [-0.05, 0) is 12.2 Å². The van der Waals surface area contributed by atoms with E-state index in [9.17, 15) is 0 Å². The summed E-state index contributed by atoms with van der Waals surface area (Å²) < 4.78 is 4.90. The number of rotatable bonds is 0. The van der Waals surface area contributed by atoms with Crippen LogP contribution in [0.1, 0.15) is 0 Å². The van der Waals surface area contributed by atoms with E-state index in [0.29, 0.717) is 0 Å². The number of nitrogens with zero attached hydrogens (tertiary/aromatic N) is 1. The Morgan fingerprint density at radius 1 is 1.40 bits per heavy atom. The standard InChI is InChI=1S/C8H7NO/c1-2-4-8-7(3-1)5-10-6-9-8/h1-6,8H/q+1. The van der Waals surface area contributed by atoms with Crippen molar-refractivity contribution >= 4 is 6.40 Å². The fourth-order valence-corrected chi connectivity index (χ4v) is 1.00. The number of fused-ring (bicyclic) bond motifs is 1. The van der Waals surface area contributed by atoms with Gasteiger partial charge in [-0.25, -0.2) is 0 Å². The molecule has 0 aromatic carbocycles. The summed E-state index contributed by atoms with van der Waals surface area (Å²) in [4.78, 5) is 4.10. The third-order valence-electron chi connectivity index (χ3n) is 1.52. The van der Waals surface area contributed by atoms with Gasteiger partial charge >= 0.3 is 6.40 Å². The molecule has 0 saturated heterocycles. The van der Waals surface area contributed by atoms with E-state index in [4.69, 9.17) is 4.74 Å². The molecule has 2 heteroatoms. The fraction of sp³-hybridized carbons (Fsp3) is 0.125. The van der Waals surface area contributed by atoms with Crippen LogP contribution in [0.4, 0.5) is 0 Å². The first-order valence-corrected chi connectivity index (χ1v) is 3.19. The Balaban J connectivity index is 2.33. The topological polar surface area (TPSA) is 23.3 Å². The smallest absolute Gasteiger partial charge is 0.396 e. The molecule has 1 aliphatic heterocycles. The molecule has 0 aromatic rings. The summed E-state index contributed by atoms with van der Waals surface area (Å²) in [5.74, 6) is 0. The van der Waals surface area contributed by atoms with Crippen LogP contribution in [0.5, 0.6) is 0 Å². The van der Waals surface area contributed by atoms with E-state index < -0.39 is 0 Å². The van der Waals surface area contributed by atoms with Crippen LogP contribution in [-0.4, -0.2) is 12.4 Å². The van der Waals surface area contributed by atoms with Gasteiger partial charge < -0.3 is 4.74 Å². The summed E-state index contributed by atoms with van der Waals surface area (Å²) in [7, 11) is 0. The van der Waals surface area contributed by atoms with Crippen LogP contribution in [0, 0.1) is 0 Å². The van der Waals surface area contributed by atoms with Crippen molar-refractivity contribution in [2.24, 2.45) is 0 Å². The van der Waals surface area contributed by atoms with Crippen LogP contribution in [0.25, 0.3) is 0 Å². The molecule has 1 aliphatic carbocycles. The van der Waals surface area contributed by atoms with Gasteiger partial charge in [0.25, 0.3) is 6.04 Å². The van der Waals surface area contributed by atoms with Gasteiger partial charge in [0.15, 0.2) is 0 Å². The van der Waals surface area contributed by atoms with Crippen LogP contribution < -0.4 is 4.99 Å². The average molecular weight is 133 g/mol. The Morgan fingerprint density at radius 3 is 3.30 bits per heavy atom. The van der Waals surface area contributed by atoms with Crippen molar-refractivity contribution in [1.29, 1.82) is 0 Å². The largest absolute Gasteiger partial charge is 0.414 e. The molecule has 1 heterocycles. The average Bonchev–Trinajstić information content (AvgIpc) is 2.05. The van der Waals surface area contributed by atoms with E-state index in [1.165, 1.54) is 6.40 Å². The summed E-state index contributed by atoms with van der Waals surface area (Å²) >= 11 is 0. The second kappa shape index (κ2) is 2.14. The van der Waals surface area contributed by atoms with Crippen molar-refractivity contribution in [2.75, 3.05) is 0 Å². The van der Waals surface area contributed by atoms with Gasteiger partial charge in [0.2, 0.25) is 0 Å². The van der Waals surface area contributed by atoms with E-state index in [2.05, 4.69) is 4.99 Å². The summed E-state index contributed by atoms with van der Waals surface area (Å²) in [6.45, 7) is 0. The maximum atomic E-state index is 4.90. The van der Waals surface area contributed by atoms with Gasteiger partial charge in [-0.15, -0.1) is 0 Å². The lowest BCUT2D eigenvalue weighted by Crippen LogP contribution is -2.19. The second-order valence-corrected chi connectivity index (χ2v) is 2.20. The predicted octanol–water partition coefficient (Wildman–Crippen LogP) is 0.759. The van der Waals surface area contributed by atoms with Gasteiger partial charge in [0.05, 0.1) is 10.6 Å². The predicted molar refractivity (Wildman–Crippen MR) is 39.4 cm³/mol. The van der Waals surface area contributed by atoms with Crippen molar-refractivity contribution in [3.05, 3.63) is 36.1 Å². The van der Waals surface area contributed by atoms with E-state index in [-0.39, 0.29) is 6.04 Å². The molecule has 2 aliphatic rings. The maximum Gasteiger partial charge on any atom is 0.396 e. The summed E-state index contributed by atoms with van der Waals surface area (Å²) in [6, 6.07) is 0.193. The lowest BCUT2D eigenvalue weighted by atomic mass is 10.0. The summed E-state index contributed by atoms with van der Waals surface area (Å²) in [5, 5.41) is 0. The molecular formula is C8H7NO+. The van der Waals surface area contributed by atoms with Gasteiger partial charge in [-0.3, -0.25) is 0 Å². The number of ether oxygens (including phenoxy) is 1. The van der Waals surface area contributed by atoms with E-state index in [0.717, 1.165) is 5.57 Å². The molecule has 0 aromatic heterocycles. The van der Waals surface area contributed by atoms with Crippen molar-refractivity contribution in [3.8, 4) is 0 Å². The number of hydrogen-bond acceptors (Lipinski definition) is 2. The van der Waals surface area contributed by atoms with Gasteiger partial charge in [0.1, 0.15) is 6.26 Å². The van der Waals surface area contributed by atoms with E-state index in [1.807, 2.05) is 24.3 Å². The highest BCUT2D eigenvalue weighted by Crippen LogP contribution is 2.12. The van der Waals surface area contributed by atoms with Gasteiger partial charge in [-0.1, -0.05) is 12.2 Å². The minimum atomic E-state index is 0.193. The number of aliphatic imine (C=N–C) groups is 1. The zero-order valence-corrected chi connectivity index (χ0v) is 5.40. The molecular weight excluding hydrogens is 126 g/mol.